The van der Waals surface area contributed by atoms with E-state index in [1.54, 1.807) is 0 Å². The number of rotatable bonds is 3. The van der Waals surface area contributed by atoms with Gasteiger partial charge in [-0.1, -0.05) is 42.5 Å². The lowest BCUT2D eigenvalue weighted by atomic mass is 9.79. The van der Waals surface area contributed by atoms with Crippen LogP contribution >= 0.6 is 0 Å². The SMILES string of the molecule is COC(=O)C1(Cc2ccccc2)C=CCN(C)C1. The molecule has 2 rings (SSSR count). The van der Waals surface area contributed by atoms with E-state index in [0.29, 0.717) is 13.0 Å². The second-order valence-electron chi connectivity index (χ2n) is 4.91. The second kappa shape index (κ2) is 5.36. The Morgan fingerprint density at radius 2 is 2.11 bits per heavy atom. The molecule has 0 amide bonds. The third-order valence-corrected chi connectivity index (χ3v) is 3.36. The van der Waals surface area contributed by atoms with Crippen LogP contribution in [0.2, 0.25) is 0 Å². The summed E-state index contributed by atoms with van der Waals surface area (Å²) in [6.45, 7) is 1.58. The number of methoxy groups -OCH3 is 1. The Morgan fingerprint density at radius 1 is 1.39 bits per heavy atom. The van der Waals surface area contributed by atoms with Crippen molar-refractivity contribution in [1.82, 2.24) is 4.90 Å². The van der Waals surface area contributed by atoms with Crippen LogP contribution in [0.5, 0.6) is 0 Å². The van der Waals surface area contributed by atoms with Gasteiger partial charge < -0.3 is 9.64 Å². The first-order valence-electron chi connectivity index (χ1n) is 6.15. The molecule has 0 fully saturated rings. The lowest BCUT2D eigenvalue weighted by Crippen LogP contribution is -2.45. The second-order valence-corrected chi connectivity index (χ2v) is 4.91. The Morgan fingerprint density at radius 3 is 2.72 bits per heavy atom. The van der Waals surface area contributed by atoms with Crippen molar-refractivity contribution in [2.24, 2.45) is 5.41 Å². The average Bonchev–Trinajstić information content (AvgIpc) is 2.39. The Bertz CT molecular complexity index is 441. The van der Waals surface area contributed by atoms with Gasteiger partial charge >= 0.3 is 5.97 Å². The van der Waals surface area contributed by atoms with Gasteiger partial charge in [-0.15, -0.1) is 0 Å². The third kappa shape index (κ3) is 2.62. The Balaban J connectivity index is 2.28. The molecule has 3 heteroatoms. The molecule has 3 nitrogen and oxygen atoms in total. The van der Waals surface area contributed by atoms with E-state index in [4.69, 9.17) is 4.74 Å². The highest BCUT2D eigenvalue weighted by Gasteiger charge is 2.39. The van der Waals surface area contributed by atoms with E-state index in [9.17, 15) is 4.79 Å². The molecule has 0 saturated carbocycles. The van der Waals surface area contributed by atoms with Gasteiger partial charge in [0.15, 0.2) is 0 Å². The van der Waals surface area contributed by atoms with E-state index in [1.165, 1.54) is 7.11 Å². The minimum atomic E-state index is -0.552. The zero-order valence-electron chi connectivity index (χ0n) is 10.9. The molecule has 96 valence electrons. The van der Waals surface area contributed by atoms with Gasteiger partial charge in [-0.05, 0) is 19.0 Å². The molecule has 0 aliphatic carbocycles. The smallest absolute Gasteiger partial charge is 0.317 e. The van der Waals surface area contributed by atoms with Gasteiger partial charge in [-0.2, -0.15) is 0 Å². The normalized spacial score (nSPS) is 23.9. The van der Waals surface area contributed by atoms with E-state index in [0.717, 1.165) is 12.1 Å². The molecule has 1 aromatic rings. The predicted molar refractivity (Wildman–Crippen MR) is 71.2 cm³/mol. The lowest BCUT2D eigenvalue weighted by Gasteiger charge is -2.35. The van der Waals surface area contributed by atoms with Gasteiger partial charge in [0.1, 0.15) is 5.41 Å². The summed E-state index contributed by atoms with van der Waals surface area (Å²) in [7, 11) is 3.48. The first kappa shape index (κ1) is 12.8. The monoisotopic (exact) mass is 245 g/mol. The Labute approximate surface area is 108 Å². The third-order valence-electron chi connectivity index (χ3n) is 3.36. The molecule has 1 unspecified atom stereocenters. The van der Waals surface area contributed by atoms with Crippen LogP contribution in [0.3, 0.4) is 0 Å². The summed E-state index contributed by atoms with van der Waals surface area (Å²) in [4.78, 5) is 14.3. The van der Waals surface area contributed by atoms with E-state index in [-0.39, 0.29) is 5.97 Å². The molecule has 18 heavy (non-hydrogen) atoms. The van der Waals surface area contributed by atoms with Gasteiger partial charge in [0, 0.05) is 13.1 Å². The highest BCUT2D eigenvalue weighted by Crippen LogP contribution is 2.30. The van der Waals surface area contributed by atoms with Crippen LogP contribution in [0.15, 0.2) is 42.5 Å². The maximum absolute atomic E-state index is 12.1. The van der Waals surface area contributed by atoms with Crippen LogP contribution < -0.4 is 0 Å². The molecule has 0 saturated heterocycles. The number of carbonyl (C=O) groups is 1. The summed E-state index contributed by atoms with van der Waals surface area (Å²) in [6.07, 6.45) is 4.73. The molecule has 0 spiro atoms. The molecule has 1 aliphatic rings. The molecule has 0 aromatic heterocycles. The summed E-state index contributed by atoms with van der Waals surface area (Å²) < 4.78 is 5.00. The minimum absolute atomic E-state index is 0.158. The van der Waals surface area contributed by atoms with Crippen molar-refractivity contribution in [3.8, 4) is 0 Å². The summed E-state index contributed by atoms with van der Waals surface area (Å²) in [5.74, 6) is -0.158. The fourth-order valence-corrected chi connectivity index (χ4v) is 2.54. The highest BCUT2D eigenvalue weighted by molar-refractivity contribution is 5.80. The number of likely N-dealkylation sites (N-methyl/N-ethyl adjacent to an activating group) is 1. The number of hydrogen-bond donors (Lipinski definition) is 0. The Kier molecular flexibility index (Phi) is 3.82. The van der Waals surface area contributed by atoms with E-state index >= 15 is 0 Å². The van der Waals surface area contributed by atoms with Crippen LogP contribution in [0.1, 0.15) is 5.56 Å². The quantitative estimate of drug-likeness (QED) is 0.601. The van der Waals surface area contributed by atoms with Crippen molar-refractivity contribution in [2.45, 2.75) is 6.42 Å². The molecule has 1 heterocycles. The van der Waals surface area contributed by atoms with Crippen LogP contribution in [0, 0.1) is 5.41 Å². The number of hydrogen-bond acceptors (Lipinski definition) is 3. The van der Waals surface area contributed by atoms with Crippen molar-refractivity contribution >= 4 is 5.97 Å². The maximum atomic E-state index is 12.1. The van der Waals surface area contributed by atoms with Gasteiger partial charge in [-0.3, -0.25) is 4.79 Å². The van der Waals surface area contributed by atoms with Gasteiger partial charge in [0.05, 0.1) is 7.11 Å². The van der Waals surface area contributed by atoms with Crippen LogP contribution in [0.4, 0.5) is 0 Å². The van der Waals surface area contributed by atoms with Crippen molar-refractivity contribution in [3.05, 3.63) is 48.0 Å². The van der Waals surface area contributed by atoms with Crippen molar-refractivity contribution in [1.29, 1.82) is 0 Å². The van der Waals surface area contributed by atoms with E-state index < -0.39 is 5.41 Å². The van der Waals surface area contributed by atoms with Crippen molar-refractivity contribution < 1.29 is 9.53 Å². The molecule has 1 aliphatic heterocycles. The highest BCUT2D eigenvalue weighted by atomic mass is 16.5. The van der Waals surface area contributed by atoms with Gasteiger partial charge in [0.2, 0.25) is 0 Å². The molecular formula is C15H19NO2. The fourth-order valence-electron chi connectivity index (χ4n) is 2.54. The number of benzene rings is 1. The van der Waals surface area contributed by atoms with Crippen LogP contribution in [-0.4, -0.2) is 38.1 Å². The molecule has 0 bridgehead atoms. The Hall–Kier alpha value is -1.61. The first-order chi connectivity index (χ1) is 8.66. The standard InChI is InChI=1S/C15H19NO2/c1-16-10-6-9-15(12-16,14(17)18-2)11-13-7-4-3-5-8-13/h3-9H,10-12H2,1-2H3. The zero-order chi connectivity index (χ0) is 13.0. The number of nitrogens with zero attached hydrogens (tertiary/aromatic N) is 1. The molecule has 0 N–H and O–H groups in total. The molecule has 1 aromatic carbocycles. The lowest BCUT2D eigenvalue weighted by molar-refractivity contribution is -0.151. The average molecular weight is 245 g/mol. The summed E-state index contributed by atoms with van der Waals surface area (Å²) in [5, 5.41) is 0. The molecule has 0 radical (unpaired) electrons. The van der Waals surface area contributed by atoms with Crippen LogP contribution in [0.25, 0.3) is 0 Å². The minimum Gasteiger partial charge on any atom is -0.468 e. The molecular weight excluding hydrogens is 226 g/mol. The zero-order valence-corrected chi connectivity index (χ0v) is 10.9. The fraction of sp³-hybridized carbons (Fsp3) is 0.400. The van der Waals surface area contributed by atoms with Crippen LogP contribution in [-0.2, 0) is 16.0 Å². The van der Waals surface area contributed by atoms with Gasteiger partial charge in [-0.25, -0.2) is 0 Å². The van der Waals surface area contributed by atoms with Crippen molar-refractivity contribution in [3.63, 3.8) is 0 Å². The van der Waals surface area contributed by atoms with E-state index in [2.05, 4.69) is 4.90 Å². The number of carbonyl (C=O) groups excluding carboxylic acids is 1. The predicted octanol–water partition coefficient (Wildman–Crippen LogP) is 1.89. The number of esters is 1. The largest absolute Gasteiger partial charge is 0.468 e. The van der Waals surface area contributed by atoms with Gasteiger partial charge in [0.25, 0.3) is 0 Å². The maximum Gasteiger partial charge on any atom is 0.317 e. The summed E-state index contributed by atoms with van der Waals surface area (Å²) >= 11 is 0. The van der Waals surface area contributed by atoms with E-state index in [1.807, 2.05) is 49.5 Å². The summed E-state index contributed by atoms with van der Waals surface area (Å²) in [5.41, 5.74) is 0.603. The summed E-state index contributed by atoms with van der Waals surface area (Å²) in [6, 6.07) is 10.1. The van der Waals surface area contributed by atoms with Crippen molar-refractivity contribution in [2.75, 3.05) is 27.2 Å². The first-order valence-corrected chi connectivity index (χ1v) is 6.15. The molecule has 1 atom stereocenters. The number of ether oxygens (including phenoxy) is 1. The topological polar surface area (TPSA) is 29.5 Å².